The van der Waals surface area contributed by atoms with Gasteiger partial charge in [0.25, 0.3) is 0 Å². The zero-order valence-corrected chi connectivity index (χ0v) is 16.4. The predicted octanol–water partition coefficient (Wildman–Crippen LogP) is 3.99. The Bertz CT molecular complexity index is 657. The summed E-state index contributed by atoms with van der Waals surface area (Å²) < 4.78 is 6.45. The van der Waals surface area contributed by atoms with Gasteiger partial charge in [0.15, 0.2) is 0 Å². The SMILES string of the molecule is CCCCCOC(=O)C1=C(C)N(C)C(=O)NC1c1ccccc1I. The van der Waals surface area contributed by atoms with Crippen LogP contribution in [0, 0.1) is 3.57 Å². The van der Waals surface area contributed by atoms with Gasteiger partial charge in [-0.05, 0) is 47.6 Å². The van der Waals surface area contributed by atoms with Crippen LogP contribution in [0.2, 0.25) is 0 Å². The normalized spacial score (nSPS) is 17.8. The van der Waals surface area contributed by atoms with Gasteiger partial charge in [0, 0.05) is 16.3 Å². The molecule has 1 aliphatic heterocycles. The van der Waals surface area contributed by atoms with Gasteiger partial charge in [-0.3, -0.25) is 0 Å². The number of hydrogen-bond acceptors (Lipinski definition) is 3. The first-order valence-corrected chi connectivity index (χ1v) is 9.21. The number of ether oxygens (including phenoxy) is 1. The summed E-state index contributed by atoms with van der Waals surface area (Å²) in [5.74, 6) is -0.361. The van der Waals surface area contributed by atoms with E-state index < -0.39 is 6.04 Å². The third kappa shape index (κ3) is 4.09. The Labute approximate surface area is 156 Å². The first kappa shape index (κ1) is 18.8. The monoisotopic (exact) mass is 442 g/mol. The zero-order chi connectivity index (χ0) is 17.7. The highest BCUT2D eigenvalue weighted by molar-refractivity contribution is 14.1. The Balaban J connectivity index is 2.32. The first-order valence-electron chi connectivity index (χ1n) is 8.13. The third-order valence-electron chi connectivity index (χ3n) is 4.17. The molecule has 0 radical (unpaired) electrons. The van der Waals surface area contributed by atoms with E-state index in [1.165, 1.54) is 4.90 Å². The lowest BCUT2D eigenvalue weighted by molar-refractivity contribution is -0.139. The molecule has 2 amide bonds. The summed E-state index contributed by atoms with van der Waals surface area (Å²) >= 11 is 2.22. The van der Waals surface area contributed by atoms with Crippen molar-refractivity contribution in [2.24, 2.45) is 0 Å². The van der Waals surface area contributed by atoms with E-state index in [2.05, 4.69) is 34.8 Å². The van der Waals surface area contributed by atoms with Crippen LogP contribution >= 0.6 is 22.6 Å². The van der Waals surface area contributed by atoms with Crippen LogP contribution in [0.3, 0.4) is 0 Å². The molecule has 1 aromatic rings. The number of amides is 2. The number of unbranched alkanes of at least 4 members (excludes halogenated alkanes) is 2. The van der Waals surface area contributed by atoms with E-state index in [0.717, 1.165) is 28.4 Å². The number of nitrogens with one attached hydrogen (secondary N) is 1. The highest BCUT2D eigenvalue weighted by Crippen LogP contribution is 2.32. The van der Waals surface area contributed by atoms with E-state index in [0.29, 0.717) is 17.9 Å². The van der Waals surface area contributed by atoms with Crippen LogP contribution in [-0.2, 0) is 9.53 Å². The van der Waals surface area contributed by atoms with E-state index >= 15 is 0 Å². The van der Waals surface area contributed by atoms with Crippen LogP contribution in [0.25, 0.3) is 0 Å². The van der Waals surface area contributed by atoms with Gasteiger partial charge in [0.2, 0.25) is 0 Å². The Morgan fingerprint density at radius 2 is 2.04 bits per heavy atom. The molecule has 0 saturated carbocycles. The lowest BCUT2D eigenvalue weighted by atomic mass is 9.95. The van der Waals surface area contributed by atoms with Crippen LogP contribution in [-0.4, -0.2) is 30.6 Å². The van der Waals surface area contributed by atoms with Gasteiger partial charge in [-0.1, -0.05) is 38.0 Å². The van der Waals surface area contributed by atoms with Crippen LogP contribution in [0.5, 0.6) is 0 Å². The lowest BCUT2D eigenvalue weighted by Gasteiger charge is -2.33. The fourth-order valence-electron chi connectivity index (χ4n) is 2.64. The first-order chi connectivity index (χ1) is 11.5. The number of carbonyl (C=O) groups is 2. The minimum Gasteiger partial charge on any atom is -0.462 e. The third-order valence-corrected chi connectivity index (χ3v) is 5.15. The second-order valence-electron chi connectivity index (χ2n) is 5.81. The number of nitrogens with zero attached hydrogens (tertiary/aromatic N) is 1. The summed E-state index contributed by atoms with van der Waals surface area (Å²) in [6.45, 7) is 4.29. The van der Waals surface area contributed by atoms with E-state index in [-0.39, 0.29) is 12.0 Å². The number of allylic oxidation sites excluding steroid dienone is 1. The smallest absolute Gasteiger partial charge is 0.338 e. The van der Waals surface area contributed by atoms with Crippen molar-refractivity contribution in [3.63, 3.8) is 0 Å². The number of esters is 1. The minimum absolute atomic E-state index is 0.223. The van der Waals surface area contributed by atoms with Crippen molar-refractivity contribution in [3.05, 3.63) is 44.7 Å². The molecule has 2 rings (SSSR count). The van der Waals surface area contributed by atoms with Gasteiger partial charge in [-0.15, -0.1) is 0 Å². The van der Waals surface area contributed by atoms with Gasteiger partial charge >= 0.3 is 12.0 Å². The van der Waals surface area contributed by atoms with Crippen molar-refractivity contribution in [2.75, 3.05) is 13.7 Å². The second kappa shape index (κ2) is 8.50. The number of rotatable bonds is 6. The molecule has 1 aromatic carbocycles. The highest BCUT2D eigenvalue weighted by atomic mass is 127. The molecule has 0 bridgehead atoms. The molecule has 0 saturated heterocycles. The average molecular weight is 442 g/mol. The van der Waals surface area contributed by atoms with E-state index in [1.807, 2.05) is 24.3 Å². The Morgan fingerprint density at radius 1 is 1.33 bits per heavy atom. The molecule has 5 nitrogen and oxygen atoms in total. The van der Waals surface area contributed by atoms with Gasteiger partial charge in [-0.2, -0.15) is 0 Å². The van der Waals surface area contributed by atoms with Crippen molar-refractivity contribution in [2.45, 2.75) is 39.2 Å². The number of hydrogen-bond donors (Lipinski definition) is 1. The summed E-state index contributed by atoms with van der Waals surface area (Å²) in [6.07, 6.45) is 2.95. The van der Waals surface area contributed by atoms with Crippen molar-refractivity contribution in [1.29, 1.82) is 0 Å². The molecule has 0 aliphatic carbocycles. The molecule has 0 fully saturated rings. The molecule has 1 aliphatic rings. The number of carbonyl (C=O) groups excluding carboxylic acids is 2. The van der Waals surface area contributed by atoms with Gasteiger partial charge in [0.1, 0.15) is 0 Å². The molecule has 1 atom stereocenters. The average Bonchev–Trinajstić information content (AvgIpc) is 2.56. The van der Waals surface area contributed by atoms with Crippen LogP contribution < -0.4 is 5.32 Å². The van der Waals surface area contributed by atoms with Crippen LogP contribution in [0.4, 0.5) is 4.79 Å². The summed E-state index contributed by atoms with van der Waals surface area (Å²) in [5.41, 5.74) is 2.03. The van der Waals surface area contributed by atoms with E-state index in [4.69, 9.17) is 4.74 Å². The topological polar surface area (TPSA) is 58.6 Å². The molecular weight excluding hydrogens is 419 g/mol. The summed E-state index contributed by atoms with van der Waals surface area (Å²) in [5, 5.41) is 2.91. The number of halogens is 1. The maximum absolute atomic E-state index is 12.7. The summed E-state index contributed by atoms with van der Waals surface area (Å²) in [6, 6.07) is 7.01. The molecule has 0 spiro atoms. The fraction of sp³-hybridized carbons (Fsp3) is 0.444. The maximum atomic E-state index is 12.7. The van der Waals surface area contributed by atoms with Gasteiger partial charge < -0.3 is 15.0 Å². The fourth-order valence-corrected chi connectivity index (χ4v) is 3.34. The molecular formula is C18H23IN2O3. The Morgan fingerprint density at radius 3 is 2.71 bits per heavy atom. The molecule has 24 heavy (non-hydrogen) atoms. The van der Waals surface area contributed by atoms with E-state index in [9.17, 15) is 9.59 Å². The van der Waals surface area contributed by atoms with E-state index in [1.54, 1.807) is 14.0 Å². The van der Waals surface area contributed by atoms with Crippen molar-refractivity contribution in [3.8, 4) is 0 Å². The van der Waals surface area contributed by atoms with Gasteiger partial charge in [0.05, 0.1) is 18.2 Å². The molecule has 1 N–H and O–H groups in total. The van der Waals surface area contributed by atoms with Crippen LogP contribution in [0.15, 0.2) is 35.5 Å². The highest BCUT2D eigenvalue weighted by Gasteiger charge is 2.35. The molecule has 6 heteroatoms. The minimum atomic E-state index is -0.486. The predicted molar refractivity (Wildman–Crippen MR) is 101 cm³/mol. The summed E-state index contributed by atoms with van der Waals surface area (Å²) in [4.78, 5) is 26.3. The number of benzene rings is 1. The molecule has 1 heterocycles. The lowest BCUT2D eigenvalue weighted by Crippen LogP contribution is -2.46. The maximum Gasteiger partial charge on any atom is 0.338 e. The zero-order valence-electron chi connectivity index (χ0n) is 14.3. The molecule has 130 valence electrons. The number of urea groups is 1. The van der Waals surface area contributed by atoms with Crippen molar-refractivity contribution >= 4 is 34.6 Å². The largest absolute Gasteiger partial charge is 0.462 e. The Kier molecular flexibility index (Phi) is 6.65. The van der Waals surface area contributed by atoms with Gasteiger partial charge in [-0.25, -0.2) is 9.59 Å². The molecule has 1 unspecified atom stereocenters. The van der Waals surface area contributed by atoms with Crippen molar-refractivity contribution < 1.29 is 14.3 Å². The standard InChI is InChI=1S/C18H23IN2O3/c1-4-5-8-11-24-17(22)15-12(2)21(3)18(23)20-16(15)13-9-6-7-10-14(13)19/h6-7,9-10,16H,4-5,8,11H2,1-3H3,(H,20,23). The second-order valence-corrected chi connectivity index (χ2v) is 6.97. The van der Waals surface area contributed by atoms with Crippen molar-refractivity contribution in [1.82, 2.24) is 10.2 Å². The van der Waals surface area contributed by atoms with Crippen LogP contribution in [0.1, 0.15) is 44.7 Å². The quantitative estimate of drug-likeness (QED) is 0.412. The Hall–Kier alpha value is -1.57. The summed E-state index contributed by atoms with van der Waals surface area (Å²) in [7, 11) is 1.65. The molecule has 0 aromatic heterocycles.